The smallest absolute Gasteiger partial charge is 0.255 e. The first-order valence-corrected chi connectivity index (χ1v) is 9.19. The maximum absolute atomic E-state index is 13.2. The second kappa shape index (κ2) is 6.58. The fourth-order valence-corrected chi connectivity index (χ4v) is 4.13. The summed E-state index contributed by atoms with van der Waals surface area (Å²) in [6, 6.07) is 3.98. The average molecular weight is 359 g/mol. The number of carbonyl (C=O) groups excluding carboxylic acids is 1. The average Bonchev–Trinajstić information content (AvgIpc) is 3.12. The quantitative estimate of drug-likeness (QED) is 0.817. The molecule has 2 heterocycles. The molecular weight excluding hydrogens is 330 g/mol. The Morgan fingerprint density at radius 1 is 1.38 bits per heavy atom. The zero-order valence-corrected chi connectivity index (χ0v) is 16.8. The predicted molar refractivity (Wildman–Crippen MR) is 99.7 cm³/mol. The van der Waals surface area contributed by atoms with Gasteiger partial charge in [-0.1, -0.05) is 19.0 Å². The Balaban J connectivity index is 1.85. The van der Waals surface area contributed by atoms with Crippen LogP contribution in [0.3, 0.4) is 0 Å². The van der Waals surface area contributed by atoms with Crippen LogP contribution in [-0.2, 0) is 4.74 Å². The van der Waals surface area contributed by atoms with Crippen LogP contribution in [0, 0.1) is 26.2 Å². The Morgan fingerprint density at radius 3 is 2.62 bits per heavy atom. The molecule has 2 aromatic heterocycles. The van der Waals surface area contributed by atoms with Gasteiger partial charge in [0.15, 0.2) is 5.82 Å². The van der Waals surface area contributed by atoms with Crippen molar-refractivity contribution in [3.8, 4) is 5.82 Å². The van der Waals surface area contributed by atoms with E-state index in [1.54, 1.807) is 0 Å². The van der Waals surface area contributed by atoms with Crippen molar-refractivity contribution < 1.29 is 14.1 Å². The molecule has 2 atom stereocenters. The van der Waals surface area contributed by atoms with Gasteiger partial charge in [-0.2, -0.15) is 0 Å². The molecule has 142 valence electrons. The van der Waals surface area contributed by atoms with Crippen molar-refractivity contribution in [2.75, 3.05) is 13.7 Å². The molecule has 1 aliphatic rings. The van der Waals surface area contributed by atoms with Gasteiger partial charge in [0.1, 0.15) is 5.76 Å². The first-order chi connectivity index (χ1) is 12.2. The third-order valence-corrected chi connectivity index (χ3v) is 5.79. The van der Waals surface area contributed by atoms with Gasteiger partial charge in [-0.25, -0.2) is 0 Å². The maximum Gasteiger partial charge on any atom is 0.255 e. The molecule has 1 aliphatic carbocycles. The Kier molecular flexibility index (Phi) is 4.73. The van der Waals surface area contributed by atoms with E-state index in [1.807, 2.05) is 56.3 Å². The van der Waals surface area contributed by atoms with E-state index in [0.29, 0.717) is 18.0 Å². The minimum Gasteiger partial charge on any atom is -0.378 e. The Labute approximate surface area is 155 Å². The summed E-state index contributed by atoms with van der Waals surface area (Å²) in [6.45, 7) is 12.9. The molecule has 26 heavy (non-hydrogen) atoms. The van der Waals surface area contributed by atoms with Gasteiger partial charge >= 0.3 is 0 Å². The third kappa shape index (κ3) is 2.86. The molecule has 0 radical (unpaired) electrons. The summed E-state index contributed by atoms with van der Waals surface area (Å²) in [5.74, 6) is 1.49. The molecule has 3 rings (SSSR count). The molecule has 0 unspecified atom stereocenters. The van der Waals surface area contributed by atoms with Crippen LogP contribution in [0.1, 0.15) is 54.7 Å². The molecule has 0 saturated heterocycles. The number of hydrogen-bond acceptors (Lipinski definition) is 4. The molecule has 1 saturated carbocycles. The van der Waals surface area contributed by atoms with E-state index < -0.39 is 0 Å². The molecule has 0 aromatic carbocycles. The fraction of sp³-hybridized carbons (Fsp3) is 0.600. The zero-order chi connectivity index (χ0) is 19.2. The SMILES string of the molecule is CCO[C@H]1C[C@H](N(C)C(=O)c2cc(C)n(-c3cc(C)on3)c2C)C1(C)C. The third-order valence-electron chi connectivity index (χ3n) is 5.79. The maximum atomic E-state index is 13.2. The van der Waals surface area contributed by atoms with Crippen molar-refractivity contribution in [1.29, 1.82) is 0 Å². The summed E-state index contributed by atoms with van der Waals surface area (Å²) in [6.07, 6.45) is 1.09. The fourth-order valence-electron chi connectivity index (χ4n) is 4.13. The van der Waals surface area contributed by atoms with Gasteiger partial charge in [0.2, 0.25) is 0 Å². The highest BCUT2D eigenvalue weighted by molar-refractivity contribution is 5.96. The lowest BCUT2D eigenvalue weighted by Gasteiger charge is -2.54. The molecule has 6 heteroatoms. The molecule has 0 spiro atoms. The lowest BCUT2D eigenvalue weighted by Crippen LogP contribution is -2.62. The monoisotopic (exact) mass is 359 g/mol. The van der Waals surface area contributed by atoms with E-state index in [-0.39, 0.29) is 23.5 Å². The van der Waals surface area contributed by atoms with Crippen LogP contribution in [0.4, 0.5) is 0 Å². The largest absolute Gasteiger partial charge is 0.378 e. The van der Waals surface area contributed by atoms with E-state index >= 15 is 0 Å². The van der Waals surface area contributed by atoms with Crippen molar-refractivity contribution >= 4 is 5.91 Å². The van der Waals surface area contributed by atoms with E-state index in [1.165, 1.54) is 0 Å². The number of aryl methyl sites for hydroxylation is 2. The van der Waals surface area contributed by atoms with Gasteiger partial charge < -0.3 is 14.2 Å². The molecule has 1 fully saturated rings. The second-order valence-electron chi connectivity index (χ2n) is 7.85. The van der Waals surface area contributed by atoms with Gasteiger partial charge in [-0.15, -0.1) is 0 Å². The van der Waals surface area contributed by atoms with Crippen molar-refractivity contribution in [1.82, 2.24) is 14.6 Å². The molecule has 0 bridgehead atoms. The summed E-state index contributed by atoms with van der Waals surface area (Å²) in [4.78, 5) is 15.1. The standard InChI is InChI=1S/C20H29N3O3/c1-8-25-17-11-16(20(17,5)6)22(7)19(24)15-9-12(2)23(14(15)4)18-10-13(3)26-21-18/h9-10,16-17H,8,11H2,1-7H3/t16-,17-/m0/s1. The number of aromatic nitrogens is 2. The Morgan fingerprint density at radius 2 is 2.08 bits per heavy atom. The van der Waals surface area contributed by atoms with Crippen molar-refractivity contribution in [3.63, 3.8) is 0 Å². The van der Waals surface area contributed by atoms with Crippen LogP contribution >= 0.6 is 0 Å². The lowest BCUT2D eigenvalue weighted by molar-refractivity contribution is -0.136. The molecular formula is C20H29N3O3. The second-order valence-corrected chi connectivity index (χ2v) is 7.85. The summed E-state index contributed by atoms with van der Waals surface area (Å²) >= 11 is 0. The molecule has 6 nitrogen and oxygen atoms in total. The summed E-state index contributed by atoms with van der Waals surface area (Å²) in [7, 11) is 1.89. The zero-order valence-electron chi connectivity index (χ0n) is 16.8. The normalized spacial score (nSPS) is 21.5. The van der Waals surface area contributed by atoms with Crippen LogP contribution in [-0.4, -0.2) is 46.3 Å². The topological polar surface area (TPSA) is 60.5 Å². The summed E-state index contributed by atoms with van der Waals surface area (Å²) in [5.41, 5.74) is 2.51. The highest BCUT2D eigenvalue weighted by Crippen LogP contribution is 2.45. The number of hydrogen-bond donors (Lipinski definition) is 0. The van der Waals surface area contributed by atoms with Crippen molar-refractivity contribution in [3.05, 3.63) is 34.8 Å². The summed E-state index contributed by atoms with van der Waals surface area (Å²) < 4.78 is 13.0. The van der Waals surface area contributed by atoms with E-state index in [2.05, 4.69) is 19.0 Å². The predicted octanol–water partition coefficient (Wildman–Crippen LogP) is 3.67. The number of rotatable bonds is 5. The highest BCUT2D eigenvalue weighted by Gasteiger charge is 2.52. The molecule has 2 aromatic rings. The van der Waals surface area contributed by atoms with Gasteiger partial charge in [-0.3, -0.25) is 9.36 Å². The van der Waals surface area contributed by atoms with Crippen LogP contribution in [0.2, 0.25) is 0 Å². The van der Waals surface area contributed by atoms with Gasteiger partial charge in [0, 0.05) is 42.6 Å². The van der Waals surface area contributed by atoms with Gasteiger partial charge in [0.25, 0.3) is 5.91 Å². The minimum atomic E-state index is -0.0465. The number of carbonyl (C=O) groups is 1. The lowest BCUT2D eigenvalue weighted by atomic mass is 9.63. The Bertz CT molecular complexity index is 818. The van der Waals surface area contributed by atoms with Crippen LogP contribution in [0.25, 0.3) is 5.82 Å². The number of amides is 1. The minimum absolute atomic E-state index is 0.0394. The first-order valence-electron chi connectivity index (χ1n) is 9.19. The van der Waals surface area contributed by atoms with Crippen molar-refractivity contribution in [2.24, 2.45) is 5.41 Å². The molecule has 0 N–H and O–H groups in total. The number of nitrogens with zero attached hydrogens (tertiary/aromatic N) is 3. The van der Waals surface area contributed by atoms with Crippen LogP contribution in [0.15, 0.2) is 16.7 Å². The number of ether oxygens (including phenoxy) is 1. The van der Waals surface area contributed by atoms with Crippen LogP contribution < -0.4 is 0 Å². The Hall–Kier alpha value is -2.08. The van der Waals surface area contributed by atoms with E-state index in [4.69, 9.17) is 9.26 Å². The van der Waals surface area contributed by atoms with Gasteiger partial charge in [-0.05, 0) is 40.2 Å². The highest BCUT2D eigenvalue weighted by atomic mass is 16.5. The van der Waals surface area contributed by atoms with E-state index in [0.717, 1.165) is 23.6 Å². The first kappa shape index (κ1) is 18.7. The summed E-state index contributed by atoms with van der Waals surface area (Å²) in [5, 5.41) is 4.09. The molecule has 1 amide bonds. The molecule has 0 aliphatic heterocycles. The van der Waals surface area contributed by atoms with Gasteiger partial charge in [0.05, 0.1) is 11.7 Å². The van der Waals surface area contributed by atoms with Crippen molar-refractivity contribution in [2.45, 2.75) is 60.1 Å². The van der Waals surface area contributed by atoms with Crippen LogP contribution in [0.5, 0.6) is 0 Å². The van der Waals surface area contributed by atoms with E-state index in [9.17, 15) is 4.79 Å².